The van der Waals surface area contributed by atoms with Crippen LogP contribution >= 0.6 is 17.0 Å². The van der Waals surface area contributed by atoms with Gasteiger partial charge in [-0.05, 0) is 0 Å². The molecule has 8 rings (SSSR count). The van der Waals surface area contributed by atoms with E-state index >= 15 is 0 Å². The summed E-state index contributed by atoms with van der Waals surface area (Å²) in [6.45, 7) is 4.41. The van der Waals surface area contributed by atoms with Gasteiger partial charge in [-0.15, -0.1) is 0 Å². The third-order valence-corrected chi connectivity index (χ3v) is 31.9. The molecule has 8 heteroatoms. The van der Waals surface area contributed by atoms with Crippen LogP contribution in [0.1, 0.15) is 78.4 Å². The first-order valence-electron chi connectivity index (χ1n) is 20.3. The third-order valence-electron chi connectivity index (χ3n) is 12.1. The van der Waals surface area contributed by atoms with Crippen LogP contribution in [-0.4, -0.2) is 17.3 Å². The summed E-state index contributed by atoms with van der Waals surface area (Å²) in [6, 6.07) is 50.6. The minimum absolute atomic E-state index is 0.565. The quantitative estimate of drug-likeness (QED) is 0.0797. The van der Waals surface area contributed by atoms with Crippen molar-refractivity contribution in [2.24, 2.45) is 0 Å². The Morgan fingerprint density at radius 1 is 0.517 bits per heavy atom. The van der Waals surface area contributed by atoms with Gasteiger partial charge in [0.15, 0.2) is 0 Å². The number of benzene rings is 6. The molecule has 2 amide bonds. The van der Waals surface area contributed by atoms with E-state index in [2.05, 4.69) is 146 Å². The van der Waals surface area contributed by atoms with Crippen LogP contribution in [0.2, 0.25) is 0 Å². The zero-order valence-corrected chi connectivity index (χ0v) is 36.8. The summed E-state index contributed by atoms with van der Waals surface area (Å²) in [6.07, 6.45) is 9.69. The van der Waals surface area contributed by atoms with E-state index in [1.807, 2.05) is 36.4 Å². The first-order chi connectivity index (χ1) is 28.3. The van der Waals surface area contributed by atoms with Crippen LogP contribution in [0.5, 0.6) is 0 Å². The van der Waals surface area contributed by atoms with E-state index in [1.165, 1.54) is 22.3 Å². The molecule has 2 aliphatic carbocycles. The van der Waals surface area contributed by atoms with E-state index in [1.54, 1.807) is 0 Å². The van der Waals surface area contributed by atoms with Gasteiger partial charge in [-0.25, -0.2) is 0 Å². The summed E-state index contributed by atoms with van der Waals surface area (Å²) >= 11 is -6.19. The molecule has 0 saturated carbocycles. The molecule has 0 bridgehead atoms. The van der Waals surface area contributed by atoms with E-state index in [4.69, 9.17) is 17.0 Å². The monoisotopic (exact) mass is 877 g/mol. The van der Waals surface area contributed by atoms with Crippen LogP contribution in [0.25, 0.3) is 45.6 Å². The van der Waals surface area contributed by atoms with Crippen molar-refractivity contribution < 1.29 is 25.8 Å². The number of amides is 2. The minimum atomic E-state index is -6.19. The topological polar surface area (TPSA) is 58.2 Å². The van der Waals surface area contributed by atoms with Gasteiger partial charge in [0.25, 0.3) is 0 Å². The van der Waals surface area contributed by atoms with Crippen molar-refractivity contribution in [3.63, 3.8) is 0 Å². The Kier molecular flexibility index (Phi) is 11.6. The van der Waals surface area contributed by atoms with Crippen molar-refractivity contribution >= 4 is 57.7 Å². The zero-order chi connectivity index (χ0) is 40.3. The van der Waals surface area contributed by atoms with E-state index in [9.17, 15) is 9.59 Å². The van der Waals surface area contributed by atoms with Gasteiger partial charge < -0.3 is 0 Å². The van der Waals surface area contributed by atoms with Crippen LogP contribution in [0.3, 0.4) is 0 Å². The molecule has 58 heavy (non-hydrogen) atoms. The number of halogens is 2. The van der Waals surface area contributed by atoms with Gasteiger partial charge in [0, 0.05) is 0 Å². The molecule has 2 unspecified atom stereocenters. The second-order valence-corrected chi connectivity index (χ2v) is 36.9. The van der Waals surface area contributed by atoms with Crippen molar-refractivity contribution in [1.29, 1.82) is 0 Å². The molecule has 0 spiro atoms. The molecule has 0 saturated heterocycles. The molecule has 0 radical (unpaired) electrons. The van der Waals surface area contributed by atoms with E-state index < -0.39 is 27.9 Å². The Balaban J connectivity index is 1.47. The molecule has 0 heterocycles. The average molecular weight is 880 g/mol. The average Bonchev–Trinajstić information content (AvgIpc) is 3.87. The summed E-state index contributed by atoms with van der Waals surface area (Å²) in [4.78, 5) is 25.6. The predicted molar refractivity (Wildman–Crippen MR) is 242 cm³/mol. The SMILES string of the molecule is CCCc1ccccc1-c1cccc2c1C=C(c1ccccc1)[CH]2[Zr]([Cl])([Cl])([B](NC=O)NC=O)[CH]1C(c2ccccc2)=Cc2c(-c3ccccc3CCC)cccc21. The molecule has 0 aliphatic heterocycles. The van der Waals surface area contributed by atoms with Gasteiger partial charge in [0.2, 0.25) is 0 Å². The number of allylic oxidation sites excluding steroid dienone is 2. The second kappa shape index (κ2) is 16.9. The fourth-order valence-corrected chi connectivity index (χ4v) is 29.5. The summed E-state index contributed by atoms with van der Waals surface area (Å²) in [5, 5.41) is 6.04. The van der Waals surface area contributed by atoms with Gasteiger partial charge >= 0.3 is 353 Å². The number of fused-ring (bicyclic) bond motifs is 2. The number of carbonyl (C=O) groups excluding carboxylic acids is 2. The van der Waals surface area contributed by atoms with Gasteiger partial charge in [0.05, 0.1) is 0 Å². The van der Waals surface area contributed by atoms with Crippen molar-refractivity contribution in [3.05, 3.63) is 190 Å². The molecule has 2 N–H and O–H groups in total. The van der Waals surface area contributed by atoms with Crippen molar-refractivity contribution in [3.8, 4) is 22.3 Å². The maximum absolute atomic E-state index is 12.8. The van der Waals surface area contributed by atoms with Crippen molar-refractivity contribution in [2.75, 3.05) is 0 Å². The number of hydrogen-bond acceptors (Lipinski definition) is 2. The normalized spacial score (nSPS) is 16.2. The van der Waals surface area contributed by atoms with E-state index in [0.717, 1.165) is 81.3 Å². The van der Waals surface area contributed by atoms with Gasteiger partial charge in [-0.2, -0.15) is 0 Å². The molecular formula is C50H46BCl2N2O2Zr. The number of aryl methyl sites for hydroxylation is 2. The van der Waals surface area contributed by atoms with Crippen LogP contribution in [-0.2, 0) is 38.6 Å². The van der Waals surface area contributed by atoms with Crippen molar-refractivity contribution in [1.82, 2.24) is 10.5 Å². The van der Waals surface area contributed by atoms with Crippen LogP contribution in [0.15, 0.2) is 146 Å². The van der Waals surface area contributed by atoms with E-state index in [0.29, 0.717) is 12.8 Å². The standard InChI is InChI=1S/2C24H21.C2H3BN2O2.2ClH.Zr/c2*1-2-9-19-12-6-7-14-22(19)23-15-8-13-20-16-21(17-24(20)23)18-10-4-3-5-11-18;6-1-4-3-5-2-7;;;/h2*3-8,10-17H,2,9H2,1H3;1-2H,(H-,4,5,6,7);2*1H;/q;;;;;+1/p-1. The van der Waals surface area contributed by atoms with Crippen LogP contribution in [0.4, 0.5) is 0 Å². The number of carbonyl (C=O) groups is 2. The Morgan fingerprint density at radius 2 is 0.897 bits per heavy atom. The second-order valence-electron chi connectivity index (χ2n) is 15.5. The van der Waals surface area contributed by atoms with Crippen molar-refractivity contribution in [2.45, 2.75) is 46.8 Å². The zero-order valence-electron chi connectivity index (χ0n) is 32.8. The molecule has 2 aliphatic rings. The molecule has 2 atom stereocenters. The molecular weight excluding hydrogens is 834 g/mol. The molecule has 6 aromatic rings. The van der Waals surface area contributed by atoms with Gasteiger partial charge in [-0.3, -0.25) is 0 Å². The van der Waals surface area contributed by atoms with Crippen LogP contribution < -0.4 is 10.5 Å². The van der Waals surface area contributed by atoms with E-state index in [-0.39, 0.29) is 0 Å². The Labute approximate surface area is 350 Å². The predicted octanol–water partition coefficient (Wildman–Crippen LogP) is 12.3. The molecule has 0 aromatic heterocycles. The molecule has 4 nitrogen and oxygen atoms in total. The Hall–Kier alpha value is -4.73. The summed E-state index contributed by atoms with van der Waals surface area (Å²) < 4.78 is -2.19. The number of rotatable bonds is 15. The Morgan fingerprint density at radius 3 is 1.29 bits per heavy atom. The van der Waals surface area contributed by atoms with Crippen LogP contribution in [0, 0.1) is 0 Å². The summed E-state index contributed by atoms with van der Waals surface area (Å²) in [7, 11) is 17.8. The molecule has 6 aromatic carbocycles. The summed E-state index contributed by atoms with van der Waals surface area (Å²) in [5.74, 6) is 0. The molecule has 289 valence electrons. The first kappa shape index (κ1) is 40.1. The first-order valence-corrected chi connectivity index (χ1v) is 30.9. The third kappa shape index (κ3) is 6.88. The van der Waals surface area contributed by atoms with Gasteiger partial charge in [0.1, 0.15) is 0 Å². The fourth-order valence-electron chi connectivity index (χ4n) is 9.77. The number of hydrogen-bond donors (Lipinski definition) is 2. The molecule has 0 fully saturated rings. The summed E-state index contributed by atoms with van der Waals surface area (Å²) in [5.41, 5.74) is 15.1. The van der Waals surface area contributed by atoms with Gasteiger partial charge in [-0.1, -0.05) is 0 Å². The maximum atomic E-state index is 12.8. The Bertz CT molecular complexity index is 2380. The fraction of sp³-hybridized carbons (Fsp3) is 0.160. The number of nitrogens with one attached hydrogen (secondary N) is 2.